The molecule has 0 spiro atoms. The van der Waals surface area contributed by atoms with Crippen molar-refractivity contribution in [1.82, 2.24) is 0 Å². The lowest BCUT2D eigenvalue weighted by Crippen LogP contribution is -2.68. The van der Waals surface area contributed by atoms with Gasteiger partial charge < -0.3 is 14.0 Å². The zero-order valence-corrected chi connectivity index (χ0v) is 16.1. The molecule has 3 rings (SSSR count). The molecule has 3 nitrogen and oxygen atoms in total. The largest absolute Gasteiger partial charge is 0.401 e. The maximum atomic E-state index is 11.2. The molecule has 0 radical (unpaired) electrons. The number of hydrogen-bond donors (Lipinski definition) is 0. The van der Waals surface area contributed by atoms with Crippen molar-refractivity contribution < 1.29 is 14.0 Å². The van der Waals surface area contributed by atoms with Gasteiger partial charge in [0.1, 0.15) is 12.4 Å². The third kappa shape index (κ3) is 3.61. The van der Waals surface area contributed by atoms with E-state index in [9.17, 15) is 4.79 Å². The number of rotatable bonds is 7. The van der Waals surface area contributed by atoms with Crippen LogP contribution in [-0.4, -0.2) is 33.4 Å². The first-order valence-corrected chi connectivity index (χ1v) is 10.7. The van der Waals surface area contributed by atoms with E-state index < -0.39 is 8.32 Å². The molecule has 0 aromatic heterocycles. The van der Waals surface area contributed by atoms with E-state index in [4.69, 9.17) is 9.16 Å². The molecule has 25 heavy (non-hydrogen) atoms. The summed E-state index contributed by atoms with van der Waals surface area (Å²) in [5.74, 6) is 0. The van der Waals surface area contributed by atoms with Gasteiger partial charge in [-0.15, -0.1) is 0 Å². The summed E-state index contributed by atoms with van der Waals surface area (Å²) in [6.07, 6.45) is 1.16. The molecular weight excluding hydrogens is 328 g/mol. The molecule has 0 aliphatic carbocycles. The first-order valence-electron chi connectivity index (χ1n) is 8.83. The van der Waals surface area contributed by atoms with Crippen molar-refractivity contribution in [2.24, 2.45) is 0 Å². The van der Waals surface area contributed by atoms with Gasteiger partial charge in [0.2, 0.25) is 0 Å². The molecular formula is C21H26O3Si. The van der Waals surface area contributed by atoms with Crippen LogP contribution in [0.5, 0.6) is 0 Å². The van der Waals surface area contributed by atoms with Gasteiger partial charge in [-0.1, -0.05) is 81.4 Å². The topological polar surface area (TPSA) is 38.8 Å². The van der Waals surface area contributed by atoms with Crippen LogP contribution in [0.3, 0.4) is 0 Å². The molecule has 0 bridgehead atoms. The molecule has 0 unspecified atom stereocenters. The minimum absolute atomic E-state index is 0.0341. The highest BCUT2D eigenvalue weighted by atomic mass is 28.4. The van der Waals surface area contributed by atoms with Crippen molar-refractivity contribution in [2.75, 3.05) is 6.61 Å². The highest BCUT2D eigenvalue weighted by Gasteiger charge is 2.53. The van der Waals surface area contributed by atoms with E-state index in [0.29, 0.717) is 13.0 Å². The van der Waals surface area contributed by atoms with Crippen LogP contribution in [0.15, 0.2) is 60.7 Å². The zero-order valence-electron chi connectivity index (χ0n) is 15.1. The Kier molecular flexibility index (Phi) is 5.23. The molecule has 2 aromatic rings. The third-order valence-corrected chi connectivity index (χ3v) is 9.91. The minimum atomic E-state index is -2.61. The number of benzene rings is 2. The maximum Gasteiger partial charge on any atom is 0.261 e. The summed E-state index contributed by atoms with van der Waals surface area (Å²) in [5.41, 5.74) is 0. The lowest BCUT2D eigenvalue weighted by molar-refractivity contribution is -0.109. The van der Waals surface area contributed by atoms with Gasteiger partial charge in [0.05, 0.1) is 12.7 Å². The van der Waals surface area contributed by atoms with Crippen molar-refractivity contribution in [3.63, 3.8) is 0 Å². The van der Waals surface area contributed by atoms with Crippen LogP contribution in [0.25, 0.3) is 0 Å². The van der Waals surface area contributed by atoms with Crippen molar-refractivity contribution >= 4 is 25.0 Å². The number of aldehydes is 1. The van der Waals surface area contributed by atoms with Crippen molar-refractivity contribution in [3.05, 3.63) is 60.7 Å². The molecule has 2 aromatic carbocycles. The van der Waals surface area contributed by atoms with E-state index in [1.807, 2.05) is 12.1 Å². The Hall–Kier alpha value is -1.75. The van der Waals surface area contributed by atoms with Crippen LogP contribution in [0.1, 0.15) is 27.2 Å². The number of ether oxygens (including phenoxy) is 1. The normalized spacial score (nSPS) is 18.6. The van der Waals surface area contributed by atoms with Crippen LogP contribution >= 0.6 is 0 Å². The summed E-state index contributed by atoms with van der Waals surface area (Å²) in [5, 5.41) is 2.36. The fraction of sp³-hybridized carbons (Fsp3) is 0.381. The van der Waals surface area contributed by atoms with Gasteiger partial charge in [0, 0.05) is 6.42 Å². The molecule has 0 saturated carbocycles. The summed E-state index contributed by atoms with van der Waals surface area (Å²) in [6, 6.07) is 21.0. The van der Waals surface area contributed by atoms with Gasteiger partial charge in [-0.2, -0.15) is 0 Å². The lowest BCUT2D eigenvalue weighted by atomic mass is 10.2. The van der Waals surface area contributed by atoms with Crippen molar-refractivity contribution in [3.8, 4) is 0 Å². The average molecular weight is 355 g/mol. The van der Waals surface area contributed by atoms with Gasteiger partial charge >= 0.3 is 0 Å². The second-order valence-electron chi connectivity index (χ2n) is 7.59. The fourth-order valence-electron chi connectivity index (χ4n) is 3.56. The number of carbonyl (C=O) groups is 1. The number of epoxide rings is 1. The average Bonchev–Trinajstić information content (AvgIpc) is 3.44. The third-order valence-electron chi connectivity index (χ3n) is 4.85. The summed E-state index contributed by atoms with van der Waals surface area (Å²) in [6.45, 7) is 7.40. The van der Waals surface area contributed by atoms with E-state index in [1.165, 1.54) is 10.4 Å². The Balaban J connectivity index is 2.16. The van der Waals surface area contributed by atoms with E-state index in [1.54, 1.807) is 0 Å². The minimum Gasteiger partial charge on any atom is -0.401 e. The van der Waals surface area contributed by atoms with Crippen LogP contribution in [-0.2, 0) is 14.0 Å². The van der Waals surface area contributed by atoms with E-state index in [2.05, 4.69) is 69.3 Å². The second kappa shape index (κ2) is 7.24. The van der Waals surface area contributed by atoms with E-state index >= 15 is 0 Å². The standard InChI is InChI=1S/C21H26O3Si/c1-21(2,3)25(17-10-6-4-7-11-17,18-12-8-5-9-13-18)24-19(14-15-22)20-16-23-20/h4-13,15,19-20H,14,16H2,1-3H3/t19-,20+/m0/s1. The molecule has 1 heterocycles. The molecule has 0 N–H and O–H groups in total. The quantitative estimate of drug-likeness (QED) is 0.436. The molecule has 1 aliphatic heterocycles. The molecule has 132 valence electrons. The van der Waals surface area contributed by atoms with Crippen LogP contribution < -0.4 is 10.4 Å². The van der Waals surface area contributed by atoms with Crippen LogP contribution in [0.4, 0.5) is 0 Å². The zero-order chi connectivity index (χ0) is 17.9. The Morgan fingerprint density at radius 2 is 1.56 bits per heavy atom. The Morgan fingerprint density at radius 3 is 1.92 bits per heavy atom. The fourth-order valence-corrected chi connectivity index (χ4v) is 8.28. The van der Waals surface area contributed by atoms with Gasteiger partial charge in [0.15, 0.2) is 0 Å². The molecule has 0 amide bonds. The van der Waals surface area contributed by atoms with Gasteiger partial charge in [-0.3, -0.25) is 0 Å². The first kappa shape index (κ1) is 18.1. The molecule has 1 saturated heterocycles. The Morgan fingerprint density at radius 1 is 1.08 bits per heavy atom. The smallest absolute Gasteiger partial charge is 0.261 e. The van der Waals surface area contributed by atoms with E-state index in [-0.39, 0.29) is 17.2 Å². The van der Waals surface area contributed by atoms with Crippen LogP contribution in [0.2, 0.25) is 5.04 Å². The highest BCUT2D eigenvalue weighted by molar-refractivity contribution is 6.99. The second-order valence-corrected chi connectivity index (χ2v) is 11.8. The van der Waals surface area contributed by atoms with Gasteiger partial charge in [-0.05, 0) is 15.4 Å². The summed E-state index contributed by atoms with van der Waals surface area (Å²) in [4.78, 5) is 11.2. The Bertz CT molecular complexity index is 651. The highest BCUT2D eigenvalue weighted by Crippen LogP contribution is 2.39. The SMILES string of the molecule is CC(C)(C)[Si](O[C@@H](CC=O)[C@H]1CO1)(c1ccccc1)c1ccccc1. The molecule has 4 heteroatoms. The summed E-state index contributed by atoms with van der Waals surface area (Å²) < 4.78 is 12.4. The van der Waals surface area contributed by atoms with Crippen molar-refractivity contribution in [2.45, 2.75) is 44.4 Å². The van der Waals surface area contributed by atoms with Gasteiger partial charge in [-0.25, -0.2) is 0 Å². The molecule has 1 aliphatic rings. The van der Waals surface area contributed by atoms with E-state index in [0.717, 1.165) is 6.29 Å². The van der Waals surface area contributed by atoms with Crippen molar-refractivity contribution in [1.29, 1.82) is 0 Å². The monoisotopic (exact) mass is 354 g/mol. The first-order chi connectivity index (χ1) is 12.0. The van der Waals surface area contributed by atoms with Crippen LogP contribution in [0, 0.1) is 0 Å². The number of hydrogen-bond acceptors (Lipinski definition) is 3. The van der Waals surface area contributed by atoms with Gasteiger partial charge in [0.25, 0.3) is 8.32 Å². The molecule has 1 fully saturated rings. The lowest BCUT2D eigenvalue weighted by Gasteiger charge is -2.44. The predicted octanol–water partition coefficient (Wildman–Crippen LogP) is 2.92. The summed E-state index contributed by atoms with van der Waals surface area (Å²) in [7, 11) is -2.61. The summed E-state index contributed by atoms with van der Waals surface area (Å²) >= 11 is 0. The predicted molar refractivity (Wildman–Crippen MR) is 103 cm³/mol. The Labute approximate surface area is 151 Å². The maximum absolute atomic E-state index is 11.2. The number of carbonyl (C=O) groups excluding carboxylic acids is 1. The molecule has 2 atom stereocenters.